The van der Waals surface area contributed by atoms with Crippen LogP contribution in [0.4, 0.5) is 5.69 Å². The highest BCUT2D eigenvalue weighted by molar-refractivity contribution is 8.04. The van der Waals surface area contributed by atoms with E-state index in [2.05, 4.69) is 5.32 Å². The number of carbonyl (C=O) groups is 1. The lowest BCUT2D eigenvalue weighted by molar-refractivity contribution is -0.112. The number of amides is 1. The minimum absolute atomic E-state index is 0.100. The number of anilines is 1. The summed E-state index contributed by atoms with van der Waals surface area (Å²) in [6.07, 6.45) is 1.85. The van der Waals surface area contributed by atoms with Crippen molar-refractivity contribution in [3.8, 4) is 5.75 Å². The van der Waals surface area contributed by atoms with Crippen molar-refractivity contribution in [2.45, 2.75) is 11.8 Å². The summed E-state index contributed by atoms with van der Waals surface area (Å²) in [5.41, 5.74) is 1.75. The van der Waals surface area contributed by atoms with Gasteiger partial charge in [0, 0.05) is 9.92 Å². The maximum Gasteiger partial charge on any atom is 0.262 e. The Hall–Kier alpha value is -1.91. The average molecular weight is 332 g/mol. The molecule has 0 spiro atoms. The summed E-state index contributed by atoms with van der Waals surface area (Å²) in [6.45, 7) is 2.56. The molecule has 1 aliphatic heterocycles. The predicted molar refractivity (Wildman–Crippen MR) is 91.5 cm³/mol. The highest BCUT2D eigenvalue weighted by atomic mass is 35.5. The number of fused-ring (bicyclic) bond motifs is 1. The van der Waals surface area contributed by atoms with E-state index in [4.69, 9.17) is 16.3 Å². The third-order valence-corrected chi connectivity index (χ3v) is 4.46. The second kappa shape index (κ2) is 6.46. The predicted octanol–water partition coefficient (Wildman–Crippen LogP) is 4.82. The number of ether oxygens (including phenoxy) is 1. The Balaban J connectivity index is 1.90. The van der Waals surface area contributed by atoms with Gasteiger partial charge in [-0.05, 0) is 48.9 Å². The van der Waals surface area contributed by atoms with Gasteiger partial charge in [0.2, 0.25) is 0 Å². The first-order chi connectivity index (χ1) is 10.7. The van der Waals surface area contributed by atoms with E-state index in [1.54, 1.807) is 12.1 Å². The van der Waals surface area contributed by atoms with Crippen molar-refractivity contribution in [2.75, 3.05) is 11.9 Å². The van der Waals surface area contributed by atoms with Crippen LogP contribution in [0.15, 0.2) is 52.3 Å². The molecule has 0 aromatic heterocycles. The molecule has 3 nitrogen and oxygen atoms in total. The number of rotatable bonds is 3. The minimum Gasteiger partial charge on any atom is -0.494 e. The van der Waals surface area contributed by atoms with Crippen LogP contribution in [0.25, 0.3) is 6.08 Å². The summed E-state index contributed by atoms with van der Waals surface area (Å²) in [5.74, 6) is 0.701. The zero-order chi connectivity index (χ0) is 15.5. The van der Waals surface area contributed by atoms with Crippen LogP contribution in [0, 0.1) is 0 Å². The third kappa shape index (κ3) is 3.29. The second-order valence-electron chi connectivity index (χ2n) is 4.71. The first kappa shape index (κ1) is 15.0. The van der Waals surface area contributed by atoms with E-state index in [-0.39, 0.29) is 5.91 Å². The Labute approximate surface area is 138 Å². The van der Waals surface area contributed by atoms with Gasteiger partial charge in [0.25, 0.3) is 5.91 Å². The van der Waals surface area contributed by atoms with E-state index in [0.717, 1.165) is 21.9 Å². The molecule has 1 amide bonds. The first-order valence-corrected chi connectivity index (χ1v) is 8.08. The summed E-state index contributed by atoms with van der Waals surface area (Å²) in [6, 6.07) is 13.0. The molecule has 112 valence electrons. The largest absolute Gasteiger partial charge is 0.494 e. The van der Waals surface area contributed by atoms with Gasteiger partial charge in [-0.3, -0.25) is 4.79 Å². The summed E-state index contributed by atoms with van der Waals surface area (Å²) < 4.78 is 5.51. The molecule has 3 rings (SSSR count). The Morgan fingerprint density at radius 2 is 2.00 bits per heavy atom. The smallest absolute Gasteiger partial charge is 0.262 e. The van der Waals surface area contributed by atoms with Crippen molar-refractivity contribution in [1.29, 1.82) is 0 Å². The molecule has 0 atom stereocenters. The molecule has 5 heteroatoms. The summed E-state index contributed by atoms with van der Waals surface area (Å²) in [7, 11) is 0. The molecule has 2 aromatic rings. The lowest BCUT2D eigenvalue weighted by Crippen LogP contribution is -2.17. The number of hydrogen-bond donors (Lipinski definition) is 1. The number of halogens is 1. The van der Waals surface area contributed by atoms with Crippen LogP contribution < -0.4 is 10.1 Å². The lowest BCUT2D eigenvalue weighted by Gasteiger charge is -2.19. The van der Waals surface area contributed by atoms with Crippen LogP contribution in [0.3, 0.4) is 0 Å². The van der Waals surface area contributed by atoms with Gasteiger partial charge in [0.05, 0.1) is 17.2 Å². The molecule has 0 bridgehead atoms. The number of thioether (sulfide) groups is 1. The molecule has 0 saturated carbocycles. The molecule has 1 N–H and O–H groups in total. The van der Waals surface area contributed by atoms with E-state index < -0.39 is 0 Å². The van der Waals surface area contributed by atoms with E-state index in [1.165, 1.54) is 11.8 Å². The molecule has 0 unspecified atom stereocenters. The number of hydrogen-bond acceptors (Lipinski definition) is 3. The molecule has 0 aliphatic carbocycles. The summed E-state index contributed by atoms with van der Waals surface area (Å²) >= 11 is 7.32. The Kier molecular flexibility index (Phi) is 4.41. The maximum atomic E-state index is 12.2. The van der Waals surface area contributed by atoms with Gasteiger partial charge in [-0.1, -0.05) is 35.5 Å². The van der Waals surface area contributed by atoms with Gasteiger partial charge < -0.3 is 10.1 Å². The van der Waals surface area contributed by atoms with Crippen molar-refractivity contribution < 1.29 is 9.53 Å². The fourth-order valence-electron chi connectivity index (χ4n) is 2.10. The number of nitrogens with one attached hydrogen (secondary N) is 1. The number of carbonyl (C=O) groups excluding carboxylic acids is 1. The first-order valence-electron chi connectivity index (χ1n) is 6.89. The van der Waals surface area contributed by atoms with E-state index in [9.17, 15) is 4.79 Å². The highest BCUT2D eigenvalue weighted by Gasteiger charge is 2.21. The second-order valence-corrected chi connectivity index (χ2v) is 6.23. The molecule has 0 radical (unpaired) electrons. The van der Waals surface area contributed by atoms with Gasteiger partial charge in [0.1, 0.15) is 5.75 Å². The lowest BCUT2D eigenvalue weighted by atomic mass is 10.2. The van der Waals surface area contributed by atoms with Gasteiger partial charge >= 0.3 is 0 Å². The monoisotopic (exact) mass is 331 g/mol. The van der Waals surface area contributed by atoms with E-state index in [1.807, 2.05) is 43.3 Å². The Bertz CT molecular complexity index is 741. The van der Waals surface area contributed by atoms with Crippen molar-refractivity contribution >= 4 is 41.0 Å². The average Bonchev–Trinajstić information content (AvgIpc) is 2.51. The summed E-state index contributed by atoms with van der Waals surface area (Å²) in [5, 5.41) is 3.58. The molecule has 0 saturated heterocycles. The standard InChI is InChI=1S/C17H14ClNO2S/c1-2-21-13-7-8-14-15(10-13)22-16(17(20)19-14)9-11-3-5-12(18)6-4-11/h3-10H,2H2,1H3,(H,19,20)/b16-9-. The Morgan fingerprint density at radius 1 is 1.23 bits per heavy atom. The molecule has 1 heterocycles. The van der Waals surface area contributed by atoms with Crippen molar-refractivity contribution in [2.24, 2.45) is 0 Å². The van der Waals surface area contributed by atoms with Gasteiger partial charge in [-0.15, -0.1) is 0 Å². The maximum absolute atomic E-state index is 12.2. The normalized spacial score (nSPS) is 15.4. The molecule has 2 aromatic carbocycles. The van der Waals surface area contributed by atoms with Crippen LogP contribution in [-0.2, 0) is 4.79 Å². The van der Waals surface area contributed by atoms with E-state index in [0.29, 0.717) is 16.5 Å². The number of benzene rings is 2. The fourth-order valence-corrected chi connectivity index (χ4v) is 3.21. The zero-order valence-electron chi connectivity index (χ0n) is 11.9. The highest BCUT2D eigenvalue weighted by Crippen LogP contribution is 2.40. The van der Waals surface area contributed by atoms with Gasteiger partial charge in [-0.2, -0.15) is 0 Å². The van der Waals surface area contributed by atoms with Crippen LogP contribution in [-0.4, -0.2) is 12.5 Å². The molecule has 0 fully saturated rings. The molecule has 22 heavy (non-hydrogen) atoms. The van der Waals surface area contributed by atoms with Crippen LogP contribution in [0.5, 0.6) is 5.75 Å². The van der Waals surface area contributed by atoms with E-state index >= 15 is 0 Å². The SMILES string of the molecule is CCOc1ccc2c(c1)S/C(=C\c1ccc(Cl)cc1)C(=O)N2. The molecular formula is C17H14ClNO2S. The molecular weight excluding hydrogens is 318 g/mol. The Morgan fingerprint density at radius 3 is 2.73 bits per heavy atom. The fraction of sp³-hybridized carbons (Fsp3) is 0.118. The van der Waals surface area contributed by atoms with Crippen LogP contribution >= 0.6 is 23.4 Å². The van der Waals surface area contributed by atoms with Crippen molar-refractivity contribution in [1.82, 2.24) is 0 Å². The van der Waals surface area contributed by atoms with Crippen molar-refractivity contribution in [3.63, 3.8) is 0 Å². The van der Waals surface area contributed by atoms with Gasteiger partial charge in [0.15, 0.2) is 0 Å². The third-order valence-electron chi connectivity index (χ3n) is 3.12. The van der Waals surface area contributed by atoms with Crippen LogP contribution in [0.1, 0.15) is 12.5 Å². The summed E-state index contributed by atoms with van der Waals surface area (Å²) in [4.78, 5) is 13.8. The molecule has 1 aliphatic rings. The van der Waals surface area contributed by atoms with Crippen molar-refractivity contribution in [3.05, 3.63) is 58.0 Å². The zero-order valence-corrected chi connectivity index (χ0v) is 13.5. The topological polar surface area (TPSA) is 38.3 Å². The quantitative estimate of drug-likeness (QED) is 0.819. The van der Waals surface area contributed by atoms with Gasteiger partial charge in [-0.25, -0.2) is 0 Å². The minimum atomic E-state index is -0.100. The van der Waals surface area contributed by atoms with Crippen LogP contribution in [0.2, 0.25) is 5.02 Å².